The fraction of sp³-hybridized carbons (Fsp3) is 0. The molecule has 22 heavy (non-hydrogen) atoms. The van der Waals surface area contributed by atoms with Gasteiger partial charge in [-0.05, 0) is 46.3 Å². The Hall–Kier alpha value is -1.97. The molecule has 4 aromatic rings. The number of anilines is 1. The minimum absolute atomic E-state index is 0.711. The third-order valence-electron chi connectivity index (χ3n) is 3.86. The smallest absolute Gasteiger partial charge is 0.0692 e. The average Bonchev–Trinajstić information content (AvgIpc) is 2.83. The summed E-state index contributed by atoms with van der Waals surface area (Å²) < 4.78 is 3.13. The van der Waals surface area contributed by atoms with Crippen molar-refractivity contribution < 1.29 is 0 Å². The number of hydrogen-bond donors (Lipinski definition) is 1. The first-order chi connectivity index (χ1) is 10.7. The van der Waals surface area contributed by atoms with Crippen molar-refractivity contribution in [2.75, 3.05) is 5.73 Å². The molecule has 0 aliphatic rings. The van der Waals surface area contributed by atoms with Crippen LogP contribution in [0.3, 0.4) is 0 Å². The predicted molar refractivity (Wildman–Crippen MR) is 97.9 cm³/mol. The average molecular weight is 372 g/mol. The highest BCUT2D eigenvalue weighted by Crippen LogP contribution is 2.38. The van der Waals surface area contributed by atoms with E-state index in [9.17, 15) is 0 Å². The van der Waals surface area contributed by atoms with Crippen LogP contribution in [0.1, 0.15) is 0 Å². The van der Waals surface area contributed by atoms with Crippen LogP contribution in [0.2, 0.25) is 5.02 Å². The number of nitrogen functional groups attached to an aromatic ring is 1. The first-order valence-corrected chi connectivity index (χ1v) is 8.07. The molecule has 0 saturated carbocycles. The Labute approximate surface area is 141 Å². The number of aromatic nitrogens is 1. The van der Waals surface area contributed by atoms with Gasteiger partial charge in [0.1, 0.15) is 0 Å². The van der Waals surface area contributed by atoms with E-state index < -0.39 is 0 Å². The van der Waals surface area contributed by atoms with E-state index in [1.54, 1.807) is 0 Å². The maximum atomic E-state index is 6.25. The van der Waals surface area contributed by atoms with Crippen molar-refractivity contribution in [1.29, 1.82) is 0 Å². The molecule has 1 heterocycles. The van der Waals surface area contributed by atoms with Crippen LogP contribution in [0.5, 0.6) is 0 Å². The van der Waals surface area contributed by atoms with Crippen molar-refractivity contribution >= 4 is 55.0 Å². The summed E-state index contributed by atoms with van der Waals surface area (Å²) in [4.78, 5) is 0. The Morgan fingerprint density at radius 3 is 2.45 bits per heavy atom. The molecular formula is C18H12BrClN2. The first kappa shape index (κ1) is 13.7. The van der Waals surface area contributed by atoms with Crippen LogP contribution >= 0.6 is 27.5 Å². The van der Waals surface area contributed by atoms with Gasteiger partial charge < -0.3 is 10.3 Å². The Bertz CT molecular complexity index is 1020. The third-order valence-corrected chi connectivity index (χ3v) is 4.69. The van der Waals surface area contributed by atoms with Crippen LogP contribution in [-0.2, 0) is 0 Å². The maximum absolute atomic E-state index is 6.25. The minimum atomic E-state index is 0.711. The summed E-state index contributed by atoms with van der Waals surface area (Å²) >= 11 is 9.90. The Balaban J connectivity index is 2.28. The van der Waals surface area contributed by atoms with Gasteiger partial charge in [0.25, 0.3) is 0 Å². The van der Waals surface area contributed by atoms with Gasteiger partial charge in [0.2, 0.25) is 0 Å². The number of fused-ring (bicyclic) bond motifs is 3. The molecule has 0 fully saturated rings. The third kappa shape index (κ3) is 1.93. The summed E-state index contributed by atoms with van der Waals surface area (Å²) in [6, 6.07) is 20.1. The number of benzene rings is 3. The molecule has 0 unspecified atom stereocenters. The molecule has 2 nitrogen and oxygen atoms in total. The molecule has 0 aliphatic heterocycles. The molecule has 4 heteroatoms. The topological polar surface area (TPSA) is 30.9 Å². The van der Waals surface area contributed by atoms with Gasteiger partial charge >= 0.3 is 0 Å². The summed E-state index contributed by atoms with van der Waals surface area (Å²) in [5.41, 5.74) is 10.1. The van der Waals surface area contributed by atoms with E-state index in [1.165, 1.54) is 0 Å². The van der Waals surface area contributed by atoms with Crippen LogP contribution in [0.25, 0.3) is 27.5 Å². The predicted octanol–water partition coefficient (Wildman–Crippen LogP) is 5.78. The van der Waals surface area contributed by atoms with Crippen molar-refractivity contribution in [1.82, 2.24) is 4.57 Å². The quantitative estimate of drug-likeness (QED) is 0.422. The molecule has 4 rings (SSSR count). The van der Waals surface area contributed by atoms with E-state index in [1.807, 2.05) is 48.5 Å². The number of rotatable bonds is 1. The molecule has 0 saturated heterocycles. The van der Waals surface area contributed by atoms with E-state index in [0.717, 1.165) is 37.7 Å². The lowest BCUT2D eigenvalue weighted by Gasteiger charge is -2.11. The van der Waals surface area contributed by atoms with E-state index >= 15 is 0 Å². The van der Waals surface area contributed by atoms with Gasteiger partial charge in [-0.25, -0.2) is 0 Å². The second kappa shape index (κ2) is 5.04. The number of nitrogens with two attached hydrogens (primary N) is 1. The maximum Gasteiger partial charge on any atom is 0.0692 e. The molecule has 2 N–H and O–H groups in total. The van der Waals surface area contributed by atoms with Gasteiger partial charge in [0, 0.05) is 20.3 Å². The van der Waals surface area contributed by atoms with Crippen LogP contribution in [0, 0.1) is 0 Å². The highest BCUT2D eigenvalue weighted by atomic mass is 79.9. The molecule has 0 radical (unpaired) electrons. The zero-order valence-electron chi connectivity index (χ0n) is 11.6. The van der Waals surface area contributed by atoms with Crippen molar-refractivity contribution in [3.8, 4) is 5.69 Å². The van der Waals surface area contributed by atoms with Gasteiger partial charge in [-0.1, -0.05) is 41.9 Å². The number of para-hydroxylation sites is 3. The van der Waals surface area contributed by atoms with E-state index in [0.29, 0.717) is 5.02 Å². The van der Waals surface area contributed by atoms with Crippen molar-refractivity contribution in [3.05, 3.63) is 70.2 Å². The van der Waals surface area contributed by atoms with Crippen LogP contribution < -0.4 is 5.73 Å². The molecule has 108 valence electrons. The molecule has 3 aromatic carbocycles. The van der Waals surface area contributed by atoms with Crippen molar-refractivity contribution in [2.45, 2.75) is 0 Å². The number of hydrogen-bond acceptors (Lipinski definition) is 1. The largest absolute Gasteiger partial charge is 0.397 e. The lowest BCUT2D eigenvalue weighted by Crippen LogP contribution is -1.99. The van der Waals surface area contributed by atoms with Crippen LogP contribution in [-0.4, -0.2) is 4.57 Å². The van der Waals surface area contributed by atoms with E-state index in [2.05, 4.69) is 32.6 Å². The van der Waals surface area contributed by atoms with Gasteiger partial charge in [-0.3, -0.25) is 0 Å². The first-order valence-electron chi connectivity index (χ1n) is 6.90. The fourth-order valence-electron chi connectivity index (χ4n) is 2.96. The second-order valence-electron chi connectivity index (χ2n) is 5.20. The molecule has 0 amide bonds. The fourth-order valence-corrected chi connectivity index (χ4v) is 3.94. The van der Waals surface area contributed by atoms with Gasteiger partial charge in [-0.2, -0.15) is 0 Å². The van der Waals surface area contributed by atoms with Crippen LogP contribution in [0.15, 0.2) is 65.1 Å². The van der Waals surface area contributed by atoms with E-state index in [-0.39, 0.29) is 0 Å². The van der Waals surface area contributed by atoms with Crippen LogP contribution in [0.4, 0.5) is 5.69 Å². The van der Waals surface area contributed by atoms with Gasteiger partial charge in [-0.15, -0.1) is 0 Å². The summed E-state index contributed by atoms with van der Waals surface area (Å²) in [5.74, 6) is 0. The summed E-state index contributed by atoms with van der Waals surface area (Å²) in [7, 11) is 0. The second-order valence-corrected chi connectivity index (χ2v) is 6.49. The summed E-state index contributed by atoms with van der Waals surface area (Å²) in [5, 5.41) is 2.98. The summed E-state index contributed by atoms with van der Waals surface area (Å²) in [6.07, 6.45) is 0. The summed E-state index contributed by atoms with van der Waals surface area (Å²) in [6.45, 7) is 0. The number of halogens is 2. The zero-order chi connectivity index (χ0) is 15.3. The molecule has 0 spiro atoms. The standard InChI is InChI=1S/C18H12BrClN2/c19-14-10-11(20)9-13-12-5-1-3-7-16(12)22(18(13)14)17-8-4-2-6-15(17)21/h1-10H,21H2. The lowest BCUT2D eigenvalue weighted by atomic mass is 10.1. The van der Waals surface area contributed by atoms with Gasteiger partial charge in [0.05, 0.1) is 22.4 Å². The molecular weight excluding hydrogens is 360 g/mol. The lowest BCUT2D eigenvalue weighted by molar-refractivity contribution is 1.18. The highest BCUT2D eigenvalue weighted by molar-refractivity contribution is 9.10. The van der Waals surface area contributed by atoms with Gasteiger partial charge in [0.15, 0.2) is 0 Å². The number of nitrogens with zero attached hydrogens (tertiary/aromatic N) is 1. The monoisotopic (exact) mass is 370 g/mol. The normalized spacial score (nSPS) is 11.4. The van der Waals surface area contributed by atoms with E-state index in [4.69, 9.17) is 17.3 Å². The molecule has 0 aliphatic carbocycles. The van der Waals surface area contributed by atoms with Crippen molar-refractivity contribution in [3.63, 3.8) is 0 Å². The minimum Gasteiger partial charge on any atom is -0.397 e. The van der Waals surface area contributed by atoms with Crippen molar-refractivity contribution in [2.24, 2.45) is 0 Å². The Morgan fingerprint density at radius 2 is 1.64 bits per heavy atom. The molecule has 1 aromatic heterocycles. The Kier molecular flexibility index (Phi) is 3.13. The SMILES string of the molecule is Nc1ccccc1-n1c2ccccc2c2cc(Cl)cc(Br)c21. The zero-order valence-corrected chi connectivity index (χ0v) is 13.9. The molecule has 0 bridgehead atoms. The Morgan fingerprint density at radius 1 is 0.909 bits per heavy atom. The highest BCUT2D eigenvalue weighted by Gasteiger charge is 2.16. The molecule has 0 atom stereocenters.